The maximum Gasteiger partial charge on any atom is 0.141 e. The Kier molecular flexibility index (Phi) is 4.81. The van der Waals surface area contributed by atoms with E-state index in [4.69, 9.17) is 16.6 Å². The molecule has 4 aromatic rings. The lowest BCUT2D eigenvalue weighted by Crippen LogP contribution is -2.00. The van der Waals surface area contributed by atoms with Crippen LogP contribution in [0.5, 0.6) is 0 Å². The Balaban J connectivity index is 1.93. The fraction of sp³-hybridized carbons (Fsp3) is 0.0476. The molecule has 0 saturated carbocycles. The minimum absolute atomic E-state index is 0.0617. The first kappa shape index (κ1) is 17.9. The van der Waals surface area contributed by atoms with Crippen LogP contribution in [0.15, 0.2) is 65.4 Å². The van der Waals surface area contributed by atoms with Gasteiger partial charge in [0.1, 0.15) is 11.6 Å². The second kappa shape index (κ2) is 7.25. The third-order valence-corrected chi connectivity index (χ3v) is 5.12. The average Bonchev–Trinajstić information content (AvgIpc) is 2.67. The molecule has 0 radical (unpaired) electrons. The fourth-order valence-electron chi connectivity index (χ4n) is 3.01. The predicted octanol–water partition coefficient (Wildman–Crippen LogP) is 6.90. The topological polar surface area (TPSA) is 37.8 Å². The lowest BCUT2D eigenvalue weighted by atomic mass is 10.0. The third-order valence-electron chi connectivity index (χ3n) is 4.34. The van der Waals surface area contributed by atoms with E-state index in [9.17, 15) is 4.39 Å². The molecular weight excluding hydrogens is 429 g/mol. The second-order valence-corrected chi connectivity index (χ2v) is 7.44. The first-order valence-corrected chi connectivity index (χ1v) is 9.42. The van der Waals surface area contributed by atoms with Crippen molar-refractivity contribution in [3.8, 4) is 11.3 Å². The molecule has 0 bridgehead atoms. The van der Waals surface area contributed by atoms with Crippen LogP contribution in [0.25, 0.3) is 22.0 Å². The van der Waals surface area contributed by atoms with Crippen LogP contribution in [0, 0.1) is 12.7 Å². The van der Waals surface area contributed by atoms with Crippen LogP contribution in [-0.4, -0.2) is 9.97 Å². The number of benzene rings is 2. The van der Waals surface area contributed by atoms with Crippen molar-refractivity contribution >= 4 is 49.8 Å². The van der Waals surface area contributed by atoms with E-state index in [2.05, 4.69) is 32.3 Å². The molecule has 0 amide bonds. The van der Waals surface area contributed by atoms with Gasteiger partial charge in [-0.3, -0.25) is 4.98 Å². The average molecular weight is 443 g/mol. The standard InChI is InChI=1S/C21H14BrClFN3/c1-12-17-9-14(22)4-6-16(17)21(26-15-5-7-19(24)18(23)10-15)27-20(12)13-3-2-8-25-11-13/h2-11H,1H3,(H,26,27). The number of halogens is 3. The van der Waals surface area contributed by atoms with Gasteiger partial charge in [0, 0.05) is 33.5 Å². The highest BCUT2D eigenvalue weighted by Gasteiger charge is 2.14. The van der Waals surface area contributed by atoms with Gasteiger partial charge in [-0.1, -0.05) is 27.5 Å². The van der Waals surface area contributed by atoms with Crippen molar-refractivity contribution in [3.05, 3.63) is 81.8 Å². The Labute approximate surface area is 169 Å². The number of rotatable bonds is 3. The van der Waals surface area contributed by atoms with Gasteiger partial charge < -0.3 is 5.32 Å². The van der Waals surface area contributed by atoms with Crippen LogP contribution in [0.2, 0.25) is 5.02 Å². The van der Waals surface area contributed by atoms with Crippen molar-refractivity contribution < 1.29 is 4.39 Å². The molecule has 1 N–H and O–H groups in total. The molecule has 0 aliphatic carbocycles. The molecule has 0 unspecified atom stereocenters. The molecule has 134 valence electrons. The zero-order valence-electron chi connectivity index (χ0n) is 14.3. The number of hydrogen-bond donors (Lipinski definition) is 1. The maximum atomic E-state index is 13.5. The van der Waals surface area contributed by atoms with E-state index in [1.807, 2.05) is 31.2 Å². The molecule has 0 fully saturated rings. The summed E-state index contributed by atoms with van der Waals surface area (Å²) in [5.74, 6) is 0.216. The Morgan fingerprint density at radius 1 is 1.07 bits per heavy atom. The van der Waals surface area contributed by atoms with Crippen LogP contribution in [0.4, 0.5) is 15.9 Å². The first-order valence-electron chi connectivity index (χ1n) is 8.25. The van der Waals surface area contributed by atoms with Gasteiger partial charge in [-0.05, 0) is 66.4 Å². The van der Waals surface area contributed by atoms with Gasteiger partial charge in [0.05, 0.1) is 10.7 Å². The van der Waals surface area contributed by atoms with Crippen molar-refractivity contribution in [2.45, 2.75) is 6.92 Å². The second-order valence-electron chi connectivity index (χ2n) is 6.12. The van der Waals surface area contributed by atoms with E-state index in [0.717, 1.165) is 32.1 Å². The number of anilines is 2. The van der Waals surface area contributed by atoms with Crippen molar-refractivity contribution in [1.29, 1.82) is 0 Å². The molecule has 0 spiro atoms. The molecule has 0 saturated heterocycles. The Hall–Kier alpha value is -2.50. The van der Waals surface area contributed by atoms with E-state index < -0.39 is 5.82 Å². The van der Waals surface area contributed by atoms with E-state index in [1.165, 1.54) is 6.07 Å². The minimum atomic E-state index is -0.455. The lowest BCUT2D eigenvalue weighted by Gasteiger charge is -2.15. The van der Waals surface area contributed by atoms with Crippen LogP contribution in [0.1, 0.15) is 5.56 Å². The number of nitrogens with one attached hydrogen (secondary N) is 1. The number of pyridine rings is 2. The molecule has 0 aliphatic heterocycles. The number of fused-ring (bicyclic) bond motifs is 1. The zero-order chi connectivity index (χ0) is 19.0. The molecule has 6 heteroatoms. The molecule has 27 heavy (non-hydrogen) atoms. The van der Waals surface area contributed by atoms with Crippen LogP contribution >= 0.6 is 27.5 Å². The number of aromatic nitrogens is 2. The van der Waals surface area contributed by atoms with Gasteiger partial charge in [-0.25, -0.2) is 9.37 Å². The third kappa shape index (κ3) is 3.53. The first-order chi connectivity index (χ1) is 13.0. The van der Waals surface area contributed by atoms with Crippen LogP contribution in [0.3, 0.4) is 0 Å². The lowest BCUT2D eigenvalue weighted by molar-refractivity contribution is 0.628. The minimum Gasteiger partial charge on any atom is -0.340 e. The number of hydrogen-bond acceptors (Lipinski definition) is 3. The molecule has 0 aliphatic rings. The van der Waals surface area contributed by atoms with E-state index in [-0.39, 0.29) is 5.02 Å². The van der Waals surface area contributed by atoms with Crippen LogP contribution in [-0.2, 0) is 0 Å². The highest BCUT2D eigenvalue weighted by atomic mass is 79.9. The summed E-state index contributed by atoms with van der Waals surface area (Å²) < 4.78 is 14.5. The zero-order valence-corrected chi connectivity index (χ0v) is 16.6. The van der Waals surface area contributed by atoms with E-state index in [0.29, 0.717) is 11.5 Å². The van der Waals surface area contributed by atoms with Gasteiger partial charge >= 0.3 is 0 Å². The highest BCUT2D eigenvalue weighted by molar-refractivity contribution is 9.10. The molecule has 4 rings (SSSR count). The molecule has 2 aromatic heterocycles. The molecule has 3 nitrogen and oxygen atoms in total. The van der Waals surface area contributed by atoms with Gasteiger partial charge in [0.25, 0.3) is 0 Å². The summed E-state index contributed by atoms with van der Waals surface area (Å²) in [6.07, 6.45) is 3.52. The summed E-state index contributed by atoms with van der Waals surface area (Å²) in [5, 5.41) is 5.36. The maximum absolute atomic E-state index is 13.5. The smallest absolute Gasteiger partial charge is 0.141 e. The van der Waals surface area contributed by atoms with Crippen molar-refractivity contribution in [1.82, 2.24) is 9.97 Å². The fourth-order valence-corrected chi connectivity index (χ4v) is 3.55. The quantitative estimate of drug-likeness (QED) is 0.375. The largest absolute Gasteiger partial charge is 0.340 e. The van der Waals surface area contributed by atoms with Crippen molar-refractivity contribution in [3.63, 3.8) is 0 Å². The summed E-state index contributed by atoms with van der Waals surface area (Å²) in [4.78, 5) is 9.05. The van der Waals surface area contributed by atoms with Crippen molar-refractivity contribution in [2.75, 3.05) is 5.32 Å². The van der Waals surface area contributed by atoms with Crippen LogP contribution < -0.4 is 5.32 Å². The molecule has 0 atom stereocenters. The van der Waals surface area contributed by atoms with E-state index in [1.54, 1.807) is 24.5 Å². The van der Waals surface area contributed by atoms with Crippen molar-refractivity contribution in [2.24, 2.45) is 0 Å². The summed E-state index contributed by atoms with van der Waals surface area (Å²) in [6, 6.07) is 14.4. The summed E-state index contributed by atoms with van der Waals surface area (Å²) in [5.41, 5.74) is 3.49. The SMILES string of the molecule is Cc1c(-c2cccnc2)nc(Nc2ccc(F)c(Cl)c2)c2ccc(Br)cc12. The van der Waals surface area contributed by atoms with Gasteiger partial charge in [0.2, 0.25) is 0 Å². The number of nitrogens with zero attached hydrogens (tertiary/aromatic N) is 2. The summed E-state index contributed by atoms with van der Waals surface area (Å²) in [7, 11) is 0. The molecule has 2 heterocycles. The van der Waals surface area contributed by atoms with Gasteiger partial charge in [0.15, 0.2) is 0 Å². The molecule has 2 aromatic carbocycles. The monoisotopic (exact) mass is 441 g/mol. The summed E-state index contributed by atoms with van der Waals surface area (Å²) >= 11 is 9.47. The normalized spacial score (nSPS) is 11.0. The predicted molar refractivity (Wildman–Crippen MR) is 112 cm³/mol. The Bertz CT molecular complexity index is 1150. The van der Waals surface area contributed by atoms with E-state index >= 15 is 0 Å². The van der Waals surface area contributed by atoms with Gasteiger partial charge in [-0.2, -0.15) is 0 Å². The Morgan fingerprint density at radius 2 is 1.93 bits per heavy atom. The molecular formula is C21H14BrClFN3. The highest BCUT2D eigenvalue weighted by Crippen LogP contribution is 2.35. The summed E-state index contributed by atoms with van der Waals surface area (Å²) in [6.45, 7) is 2.04. The Morgan fingerprint density at radius 3 is 2.67 bits per heavy atom. The van der Waals surface area contributed by atoms with Gasteiger partial charge in [-0.15, -0.1) is 0 Å². The number of aryl methyl sites for hydroxylation is 1.